The van der Waals surface area contributed by atoms with E-state index in [9.17, 15) is 9.90 Å². The molecule has 9 heteroatoms. The summed E-state index contributed by atoms with van der Waals surface area (Å²) >= 11 is 1.65. The topological polar surface area (TPSA) is 102 Å². The quantitative estimate of drug-likeness (QED) is 0.527. The number of fused-ring (bicyclic) bond motifs is 1. The summed E-state index contributed by atoms with van der Waals surface area (Å²) in [7, 11) is 0. The zero-order valence-electron chi connectivity index (χ0n) is 18.5. The Morgan fingerprint density at radius 1 is 1.21 bits per heavy atom. The molecule has 1 fully saturated rings. The fraction of sp³-hybridized carbons (Fsp3) is 0.375. The number of nitriles is 1. The molecule has 1 unspecified atom stereocenters. The standard InChI is InChI=1S/C24H27N5O3S/c1-17-26-22-12-21(6-7-23(22)33-17)32-16-20(30)14-28-8-10-29(11-9-28)15-24(31)27-19-4-2-18(13-25)3-5-19/h2-7,12,20,30H,8-11,14-16H2,1H3,(H,27,31). The van der Waals surface area contributed by atoms with Crippen LogP contribution in [0.25, 0.3) is 10.2 Å². The van der Waals surface area contributed by atoms with Gasteiger partial charge in [-0.05, 0) is 43.3 Å². The molecule has 33 heavy (non-hydrogen) atoms. The highest BCUT2D eigenvalue weighted by Gasteiger charge is 2.21. The Kier molecular flexibility index (Phi) is 7.52. The number of aromatic nitrogens is 1. The molecule has 1 saturated heterocycles. The van der Waals surface area contributed by atoms with Gasteiger partial charge in [0.1, 0.15) is 18.5 Å². The number of nitrogens with zero attached hydrogens (tertiary/aromatic N) is 4. The Labute approximate surface area is 197 Å². The van der Waals surface area contributed by atoms with Crippen LogP contribution in [0.4, 0.5) is 5.69 Å². The number of carbonyl (C=O) groups is 1. The van der Waals surface area contributed by atoms with Crippen molar-refractivity contribution in [2.45, 2.75) is 13.0 Å². The maximum atomic E-state index is 12.3. The molecule has 1 aliphatic heterocycles. The van der Waals surface area contributed by atoms with Gasteiger partial charge in [-0.3, -0.25) is 14.6 Å². The van der Waals surface area contributed by atoms with E-state index in [1.807, 2.05) is 25.1 Å². The van der Waals surface area contributed by atoms with Crippen LogP contribution in [0.3, 0.4) is 0 Å². The fourth-order valence-corrected chi connectivity index (χ4v) is 4.62. The molecule has 8 nitrogen and oxygen atoms in total. The first-order valence-corrected chi connectivity index (χ1v) is 11.7. The maximum absolute atomic E-state index is 12.3. The smallest absolute Gasteiger partial charge is 0.238 e. The van der Waals surface area contributed by atoms with Gasteiger partial charge in [-0.25, -0.2) is 4.98 Å². The van der Waals surface area contributed by atoms with Crippen LogP contribution in [0, 0.1) is 18.3 Å². The number of amides is 1. The van der Waals surface area contributed by atoms with Crippen molar-refractivity contribution in [2.75, 3.05) is 51.2 Å². The summed E-state index contributed by atoms with van der Waals surface area (Å²) in [5.74, 6) is 0.638. The Morgan fingerprint density at radius 3 is 2.67 bits per heavy atom. The lowest BCUT2D eigenvalue weighted by atomic mass is 10.2. The number of aliphatic hydroxyl groups is 1. The van der Waals surface area contributed by atoms with E-state index in [0.717, 1.165) is 41.4 Å². The molecule has 0 spiro atoms. The highest BCUT2D eigenvalue weighted by molar-refractivity contribution is 7.18. The van der Waals surface area contributed by atoms with Gasteiger partial charge in [0.15, 0.2) is 0 Å². The lowest BCUT2D eigenvalue weighted by molar-refractivity contribution is -0.117. The Hall–Kier alpha value is -3.03. The Balaban J connectivity index is 1.16. The van der Waals surface area contributed by atoms with Gasteiger partial charge in [0.2, 0.25) is 5.91 Å². The van der Waals surface area contributed by atoms with Crippen LogP contribution in [0.15, 0.2) is 42.5 Å². The van der Waals surface area contributed by atoms with Crippen molar-refractivity contribution in [1.29, 1.82) is 5.26 Å². The molecular formula is C24H27N5O3S. The maximum Gasteiger partial charge on any atom is 0.238 e. The van der Waals surface area contributed by atoms with Crippen molar-refractivity contribution in [3.63, 3.8) is 0 Å². The molecule has 1 atom stereocenters. The van der Waals surface area contributed by atoms with E-state index in [1.165, 1.54) is 0 Å². The van der Waals surface area contributed by atoms with Crippen molar-refractivity contribution >= 4 is 33.1 Å². The number of piperazine rings is 1. The van der Waals surface area contributed by atoms with Gasteiger partial charge in [-0.15, -0.1) is 11.3 Å². The SMILES string of the molecule is Cc1nc2cc(OCC(O)CN3CCN(CC(=O)Nc4ccc(C#N)cc4)CC3)ccc2s1. The van der Waals surface area contributed by atoms with Crippen LogP contribution in [0.1, 0.15) is 10.6 Å². The fourth-order valence-electron chi connectivity index (χ4n) is 3.82. The lowest BCUT2D eigenvalue weighted by Gasteiger charge is -2.35. The molecule has 2 aromatic carbocycles. The number of carbonyl (C=O) groups excluding carboxylic acids is 1. The van der Waals surface area contributed by atoms with E-state index < -0.39 is 6.10 Å². The highest BCUT2D eigenvalue weighted by atomic mass is 32.1. The van der Waals surface area contributed by atoms with Crippen molar-refractivity contribution in [3.8, 4) is 11.8 Å². The third-order valence-electron chi connectivity index (χ3n) is 5.51. The number of rotatable bonds is 8. The lowest BCUT2D eigenvalue weighted by Crippen LogP contribution is -2.50. The number of aliphatic hydroxyl groups excluding tert-OH is 1. The predicted octanol–water partition coefficient (Wildman–Crippen LogP) is 2.47. The van der Waals surface area contributed by atoms with Crippen LogP contribution in [-0.2, 0) is 4.79 Å². The first kappa shape index (κ1) is 23.1. The number of anilines is 1. The van der Waals surface area contributed by atoms with Crippen LogP contribution in [0.5, 0.6) is 5.75 Å². The van der Waals surface area contributed by atoms with Crippen LogP contribution < -0.4 is 10.1 Å². The largest absolute Gasteiger partial charge is 0.491 e. The van der Waals surface area contributed by atoms with E-state index in [2.05, 4.69) is 26.2 Å². The van der Waals surface area contributed by atoms with E-state index >= 15 is 0 Å². The zero-order valence-corrected chi connectivity index (χ0v) is 19.3. The number of aryl methyl sites for hydroxylation is 1. The number of thiazole rings is 1. The molecule has 172 valence electrons. The van der Waals surface area contributed by atoms with Gasteiger partial charge >= 0.3 is 0 Å². The monoisotopic (exact) mass is 465 g/mol. The average molecular weight is 466 g/mol. The molecule has 2 N–H and O–H groups in total. The molecule has 0 aliphatic carbocycles. The number of hydrogen-bond acceptors (Lipinski definition) is 8. The summed E-state index contributed by atoms with van der Waals surface area (Å²) in [6.07, 6.45) is -0.593. The molecule has 1 aliphatic rings. The second-order valence-corrected chi connectivity index (χ2v) is 9.38. The zero-order chi connectivity index (χ0) is 23.2. The predicted molar refractivity (Wildman–Crippen MR) is 129 cm³/mol. The van der Waals surface area contributed by atoms with Gasteiger partial charge in [0, 0.05) is 44.5 Å². The molecule has 0 radical (unpaired) electrons. The number of nitrogens with one attached hydrogen (secondary N) is 1. The number of hydrogen-bond donors (Lipinski definition) is 2. The van der Waals surface area contributed by atoms with Gasteiger partial charge in [0.25, 0.3) is 0 Å². The molecule has 1 aromatic heterocycles. The van der Waals surface area contributed by atoms with Crippen LogP contribution in [0.2, 0.25) is 0 Å². The van der Waals surface area contributed by atoms with Crippen LogP contribution in [-0.4, -0.2) is 77.8 Å². The minimum Gasteiger partial charge on any atom is -0.491 e. The van der Waals surface area contributed by atoms with Crippen molar-refractivity contribution in [3.05, 3.63) is 53.0 Å². The van der Waals surface area contributed by atoms with E-state index in [4.69, 9.17) is 10.00 Å². The van der Waals surface area contributed by atoms with E-state index in [1.54, 1.807) is 35.6 Å². The van der Waals surface area contributed by atoms with Crippen molar-refractivity contribution < 1.29 is 14.6 Å². The second kappa shape index (κ2) is 10.7. The molecular weight excluding hydrogens is 438 g/mol. The number of β-amino-alcohol motifs (C(OH)–C–C–N with tert-alkyl or cyclic N) is 1. The molecule has 0 bridgehead atoms. The van der Waals surface area contributed by atoms with E-state index in [0.29, 0.717) is 30.1 Å². The van der Waals surface area contributed by atoms with Crippen molar-refractivity contribution in [1.82, 2.24) is 14.8 Å². The summed E-state index contributed by atoms with van der Waals surface area (Å²) in [6, 6.07) is 14.7. The second-order valence-electron chi connectivity index (χ2n) is 8.14. The first-order chi connectivity index (χ1) is 16.0. The molecule has 0 saturated carbocycles. The normalized spacial score (nSPS) is 15.8. The molecule has 1 amide bonds. The molecule has 4 rings (SSSR count). The molecule has 3 aromatic rings. The average Bonchev–Trinajstić information content (AvgIpc) is 3.18. The Morgan fingerprint density at radius 2 is 1.94 bits per heavy atom. The minimum absolute atomic E-state index is 0.0751. The summed E-state index contributed by atoms with van der Waals surface area (Å²) in [5, 5.41) is 23.1. The third kappa shape index (κ3) is 6.49. The first-order valence-electron chi connectivity index (χ1n) is 10.9. The van der Waals surface area contributed by atoms with Gasteiger partial charge in [0.05, 0.1) is 33.4 Å². The van der Waals surface area contributed by atoms with E-state index in [-0.39, 0.29) is 12.5 Å². The number of benzene rings is 2. The highest BCUT2D eigenvalue weighted by Crippen LogP contribution is 2.25. The molecule has 2 heterocycles. The summed E-state index contributed by atoms with van der Waals surface area (Å²) in [4.78, 5) is 21.1. The van der Waals surface area contributed by atoms with Gasteiger partial charge < -0.3 is 15.2 Å². The van der Waals surface area contributed by atoms with Crippen LogP contribution >= 0.6 is 11.3 Å². The van der Waals surface area contributed by atoms with Gasteiger partial charge in [-0.1, -0.05) is 0 Å². The number of ether oxygens (including phenoxy) is 1. The third-order valence-corrected chi connectivity index (χ3v) is 6.46. The Bertz CT molecular complexity index is 1130. The minimum atomic E-state index is -0.593. The van der Waals surface area contributed by atoms with Crippen molar-refractivity contribution in [2.24, 2.45) is 0 Å². The summed E-state index contributed by atoms with van der Waals surface area (Å²) in [5.41, 5.74) is 2.17. The summed E-state index contributed by atoms with van der Waals surface area (Å²) in [6.45, 7) is 6.14. The summed E-state index contributed by atoms with van der Waals surface area (Å²) < 4.78 is 6.91. The van der Waals surface area contributed by atoms with Gasteiger partial charge in [-0.2, -0.15) is 5.26 Å².